The van der Waals surface area contributed by atoms with E-state index in [0.717, 1.165) is 19.6 Å². The Hall–Kier alpha value is -1.73. The van der Waals surface area contributed by atoms with Crippen LogP contribution in [-0.4, -0.2) is 55.6 Å². The van der Waals surface area contributed by atoms with Gasteiger partial charge in [0.05, 0.1) is 19.3 Å². The molecule has 1 aliphatic rings. The molecule has 7 heteroatoms. The first-order valence-corrected chi connectivity index (χ1v) is 7.54. The molecule has 1 saturated heterocycles. The number of hydrogen-bond donors (Lipinski definition) is 1. The minimum Gasteiger partial charge on any atom is -0.394 e. The summed E-state index contributed by atoms with van der Waals surface area (Å²) in [6.07, 6.45) is 6.94. The Balaban J connectivity index is 1.76. The SMILES string of the molecule is O=c1c2cnn(CCO)c2ncn1CCN1CCCCC1. The van der Waals surface area contributed by atoms with Gasteiger partial charge in [0.2, 0.25) is 0 Å². The molecule has 114 valence electrons. The van der Waals surface area contributed by atoms with Crippen LogP contribution in [0.15, 0.2) is 17.3 Å². The fourth-order valence-corrected chi connectivity index (χ4v) is 2.85. The lowest BCUT2D eigenvalue weighted by Gasteiger charge is -2.26. The Morgan fingerprint density at radius 1 is 1.14 bits per heavy atom. The van der Waals surface area contributed by atoms with Crippen molar-refractivity contribution >= 4 is 11.0 Å². The van der Waals surface area contributed by atoms with Crippen LogP contribution in [0.1, 0.15) is 19.3 Å². The van der Waals surface area contributed by atoms with E-state index in [0.29, 0.717) is 24.1 Å². The highest BCUT2D eigenvalue weighted by molar-refractivity contribution is 5.72. The lowest BCUT2D eigenvalue weighted by atomic mass is 10.1. The van der Waals surface area contributed by atoms with Crippen molar-refractivity contribution in [2.24, 2.45) is 0 Å². The molecular weight excluding hydrogens is 270 g/mol. The molecule has 2 aromatic rings. The maximum atomic E-state index is 12.4. The van der Waals surface area contributed by atoms with Crippen molar-refractivity contribution in [2.45, 2.75) is 32.4 Å². The molecule has 0 unspecified atom stereocenters. The largest absolute Gasteiger partial charge is 0.394 e. The number of aliphatic hydroxyl groups is 1. The number of hydrogen-bond acceptors (Lipinski definition) is 5. The number of likely N-dealkylation sites (tertiary alicyclic amines) is 1. The van der Waals surface area contributed by atoms with Gasteiger partial charge in [0, 0.05) is 13.1 Å². The lowest BCUT2D eigenvalue weighted by Crippen LogP contribution is -2.34. The summed E-state index contributed by atoms with van der Waals surface area (Å²) in [6.45, 7) is 4.13. The van der Waals surface area contributed by atoms with Gasteiger partial charge in [0.15, 0.2) is 5.65 Å². The van der Waals surface area contributed by atoms with Crippen molar-refractivity contribution in [1.29, 1.82) is 0 Å². The van der Waals surface area contributed by atoms with Crippen LogP contribution < -0.4 is 5.56 Å². The molecule has 1 fully saturated rings. The summed E-state index contributed by atoms with van der Waals surface area (Å²) >= 11 is 0. The number of aromatic nitrogens is 4. The zero-order valence-corrected chi connectivity index (χ0v) is 12.1. The quantitative estimate of drug-likeness (QED) is 0.844. The van der Waals surface area contributed by atoms with Gasteiger partial charge in [0.25, 0.3) is 5.56 Å². The van der Waals surface area contributed by atoms with Crippen molar-refractivity contribution in [3.05, 3.63) is 22.9 Å². The topological polar surface area (TPSA) is 76.2 Å². The molecule has 21 heavy (non-hydrogen) atoms. The third-order valence-corrected chi connectivity index (χ3v) is 4.04. The van der Waals surface area contributed by atoms with Crippen molar-refractivity contribution in [1.82, 2.24) is 24.2 Å². The second-order valence-electron chi connectivity index (χ2n) is 5.47. The summed E-state index contributed by atoms with van der Waals surface area (Å²) in [4.78, 5) is 19.1. The molecule has 7 nitrogen and oxygen atoms in total. The third kappa shape index (κ3) is 2.98. The molecule has 0 spiro atoms. The van der Waals surface area contributed by atoms with Gasteiger partial charge in [-0.2, -0.15) is 5.10 Å². The number of piperidine rings is 1. The maximum absolute atomic E-state index is 12.4. The number of aliphatic hydroxyl groups excluding tert-OH is 1. The first kappa shape index (κ1) is 14.2. The summed E-state index contributed by atoms with van der Waals surface area (Å²) in [5.74, 6) is 0. The Morgan fingerprint density at radius 3 is 2.71 bits per heavy atom. The molecule has 3 heterocycles. The number of nitrogens with zero attached hydrogens (tertiary/aromatic N) is 5. The molecule has 0 radical (unpaired) electrons. The Bertz CT molecular complexity index is 657. The second kappa shape index (κ2) is 6.36. The van der Waals surface area contributed by atoms with E-state index in [1.807, 2.05) is 0 Å². The van der Waals surface area contributed by atoms with Crippen LogP contribution in [-0.2, 0) is 13.1 Å². The predicted molar refractivity (Wildman–Crippen MR) is 79.2 cm³/mol. The minimum absolute atomic E-state index is 0.0174. The van der Waals surface area contributed by atoms with Crippen molar-refractivity contribution < 1.29 is 5.11 Å². The van der Waals surface area contributed by atoms with Crippen molar-refractivity contribution in [2.75, 3.05) is 26.2 Å². The van der Waals surface area contributed by atoms with Crippen LogP contribution in [0, 0.1) is 0 Å². The molecule has 0 amide bonds. The third-order valence-electron chi connectivity index (χ3n) is 4.04. The fourth-order valence-electron chi connectivity index (χ4n) is 2.85. The lowest BCUT2D eigenvalue weighted by molar-refractivity contribution is 0.220. The van der Waals surface area contributed by atoms with E-state index in [1.165, 1.54) is 25.5 Å². The Labute approximate surface area is 122 Å². The summed E-state index contributed by atoms with van der Waals surface area (Å²) in [5, 5.41) is 13.6. The first-order valence-electron chi connectivity index (χ1n) is 7.54. The molecule has 1 aliphatic heterocycles. The van der Waals surface area contributed by atoms with Crippen LogP contribution in [0.4, 0.5) is 0 Å². The van der Waals surface area contributed by atoms with E-state index in [2.05, 4.69) is 15.0 Å². The Kier molecular flexibility index (Phi) is 4.31. The molecule has 0 aliphatic carbocycles. The van der Waals surface area contributed by atoms with Gasteiger partial charge >= 0.3 is 0 Å². The molecule has 0 saturated carbocycles. The van der Waals surface area contributed by atoms with Crippen LogP contribution >= 0.6 is 0 Å². The maximum Gasteiger partial charge on any atom is 0.264 e. The highest BCUT2D eigenvalue weighted by Crippen LogP contribution is 2.09. The molecule has 3 rings (SSSR count). The molecule has 2 aromatic heterocycles. The molecule has 1 N–H and O–H groups in total. The van der Waals surface area contributed by atoms with E-state index in [9.17, 15) is 4.79 Å². The van der Waals surface area contributed by atoms with E-state index in [-0.39, 0.29) is 12.2 Å². The number of fused-ring (bicyclic) bond motifs is 1. The van der Waals surface area contributed by atoms with Crippen LogP contribution in [0.25, 0.3) is 11.0 Å². The highest BCUT2D eigenvalue weighted by Gasteiger charge is 2.12. The average molecular weight is 291 g/mol. The highest BCUT2D eigenvalue weighted by atomic mass is 16.3. The zero-order chi connectivity index (χ0) is 14.7. The second-order valence-corrected chi connectivity index (χ2v) is 5.47. The molecule has 0 bridgehead atoms. The standard InChI is InChI=1S/C14H21N5O2/c20-9-8-19-13-12(10-16-19)14(21)18(11-15-13)7-6-17-4-2-1-3-5-17/h10-11,20H,1-9H2. The summed E-state index contributed by atoms with van der Waals surface area (Å²) in [6, 6.07) is 0. The van der Waals surface area contributed by atoms with Gasteiger partial charge in [-0.05, 0) is 25.9 Å². The van der Waals surface area contributed by atoms with Crippen LogP contribution in [0.5, 0.6) is 0 Å². The monoisotopic (exact) mass is 291 g/mol. The summed E-state index contributed by atoms with van der Waals surface area (Å²) < 4.78 is 3.22. The van der Waals surface area contributed by atoms with E-state index < -0.39 is 0 Å². The van der Waals surface area contributed by atoms with Crippen LogP contribution in [0.3, 0.4) is 0 Å². The summed E-state index contributed by atoms with van der Waals surface area (Å²) in [7, 11) is 0. The molecule has 0 atom stereocenters. The van der Waals surface area contributed by atoms with Gasteiger partial charge in [-0.15, -0.1) is 0 Å². The van der Waals surface area contributed by atoms with Gasteiger partial charge in [-0.3, -0.25) is 9.36 Å². The van der Waals surface area contributed by atoms with Gasteiger partial charge < -0.3 is 10.0 Å². The molecule has 0 aromatic carbocycles. The smallest absolute Gasteiger partial charge is 0.264 e. The number of rotatable bonds is 5. The van der Waals surface area contributed by atoms with E-state index in [4.69, 9.17) is 5.11 Å². The zero-order valence-electron chi connectivity index (χ0n) is 12.1. The molecular formula is C14H21N5O2. The predicted octanol–water partition coefficient (Wildman–Crippen LogP) is 0.0712. The first-order chi connectivity index (χ1) is 10.3. The van der Waals surface area contributed by atoms with E-state index >= 15 is 0 Å². The van der Waals surface area contributed by atoms with Gasteiger partial charge in [-0.1, -0.05) is 6.42 Å². The normalized spacial score (nSPS) is 16.6. The fraction of sp³-hybridized carbons (Fsp3) is 0.643. The average Bonchev–Trinajstić information content (AvgIpc) is 2.92. The van der Waals surface area contributed by atoms with Crippen LogP contribution in [0.2, 0.25) is 0 Å². The van der Waals surface area contributed by atoms with Gasteiger partial charge in [-0.25, -0.2) is 9.67 Å². The van der Waals surface area contributed by atoms with Crippen molar-refractivity contribution in [3.8, 4) is 0 Å². The van der Waals surface area contributed by atoms with E-state index in [1.54, 1.807) is 15.6 Å². The van der Waals surface area contributed by atoms with Gasteiger partial charge in [0.1, 0.15) is 11.7 Å². The minimum atomic E-state index is -0.0544. The summed E-state index contributed by atoms with van der Waals surface area (Å²) in [5.41, 5.74) is 0.490. The van der Waals surface area contributed by atoms with Crippen molar-refractivity contribution in [3.63, 3.8) is 0 Å². The Morgan fingerprint density at radius 2 is 1.95 bits per heavy atom.